The first kappa shape index (κ1) is 15.1. The number of benzene rings is 1. The van der Waals surface area contributed by atoms with Crippen molar-refractivity contribution in [1.29, 1.82) is 0 Å². The summed E-state index contributed by atoms with van der Waals surface area (Å²) in [5, 5.41) is 3.19. The van der Waals surface area contributed by atoms with E-state index in [0.29, 0.717) is 18.1 Å². The van der Waals surface area contributed by atoms with Crippen LogP contribution in [0.3, 0.4) is 0 Å². The quantitative estimate of drug-likeness (QED) is 0.775. The summed E-state index contributed by atoms with van der Waals surface area (Å²) < 4.78 is 22.2. The van der Waals surface area contributed by atoms with E-state index in [4.69, 9.17) is 9.47 Å². The molecule has 0 spiro atoms. The molecular weight excluding hydrogens is 250 g/mol. The molecule has 0 amide bonds. The molecule has 0 aliphatic carbocycles. The molecule has 0 heterocycles. The summed E-state index contributed by atoms with van der Waals surface area (Å²) >= 11 is 0. The molecule has 18 heavy (non-hydrogen) atoms. The average Bonchev–Trinajstić information content (AvgIpc) is 2.42. The summed E-state index contributed by atoms with van der Waals surface area (Å²) in [4.78, 5) is 0. The molecule has 0 aromatic heterocycles. The summed E-state index contributed by atoms with van der Waals surface area (Å²) in [7, 11) is 4.23. The van der Waals surface area contributed by atoms with Crippen molar-refractivity contribution in [2.45, 2.75) is 6.04 Å². The minimum Gasteiger partial charge on any atom is -0.496 e. The predicted molar refractivity (Wildman–Crippen MR) is 74.5 cm³/mol. The molecule has 0 aliphatic rings. The molecule has 0 saturated carbocycles. The SMILES string of the molecule is CNC(CS(=O)CCOC)c1ccccc1OC. The molecular formula is C13H21NO3S. The Hall–Kier alpha value is -0.910. The second-order valence-corrected chi connectivity index (χ2v) is 5.51. The van der Waals surface area contributed by atoms with Crippen molar-refractivity contribution in [1.82, 2.24) is 5.32 Å². The third-order valence-corrected chi connectivity index (χ3v) is 4.06. The zero-order valence-corrected chi connectivity index (χ0v) is 12.0. The Balaban J connectivity index is 2.73. The van der Waals surface area contributed by atoms with E-state index in [1.54, 1.807) is 14.2 Å². The Kier molecular flexibility index (Phi) is 6.93. The third kappa shape index (κ3) is 4.40. The van der Waals surface area contributed by atoms with Crippen LogP contribution in [0, 0.1) is 0 Å². The van der Waals surface area contributed by atoms with E-state index in [-0.39, 0.29) is 6.04 Å². The molecule has 102 valence electrons. The summed E-state index contributed by atoms with van der Waals surface area (Å²) in [5.74, 6) is 1.94. The second-order valence-electron chi connectivity index (χ2n) is 3.89. The Labute approximate surface area is 111 Å². The van der Waals surface area contributed by atoms with Crippen molar-refractivity contribution in [3.8, 4) is 5.75 Å². The summed E-state index contributed by atoms with van der Waals surface area (Å²) in [6.07, 6.45) is 0. The van der Waals surface area contributed by atoms with Crippen LogP contribution in [0.1, 0.15) is 11.6 Å². The van der Waals surface area contributed by atoms with Crippen LogP contribution in [0.5, 0.6) is 5.75 Å². The van der Waals surface area contributed by atoms with E-state index in [9.17, 15) is 4.21 Å². The highest BCUT2D eigenvalue weighted by Gasteiger charge is 2.16. The highest BCUT2D eigenvalue weighted by Crippen LogP contribution is 2.25. The Morgan fingerprint density at radius 1 is 1.33 bits per heavy atom. The minimum absolute atomic E-state index is 0.0267. The Morgan fingerprint density at radius 3 is 2.67 bits per heavy atom. The van der Waals surface area contributed by atoms with Crippen LogP contribution in [0.2, 0.25) is 0 Å². The van der Waals surface area contributed by atoms with Crippen LogP contribution in [-0.4, -0.2) is 43.6 Å². The summed E-state index contributed by atoms with van der Waals surface area (Å²) in [5.41, 5.74) is 1.04. The maximum absolute atomic E-state index is 11.9. The molecule has 1 rings (SSSR count). The lowest BCUT2D eigenvalue weighted by Gasteiger charge is -2.18. The fourth-order valence-electron chi connectivity index (χ4n) is 1.73. The van der Waals surface area contributed by atoms with Gasteiger partial charge in [0.05, 0.1) is 13.7 Å². The van der Waals surface area contributed by atoms with Crippen LogP contribution in [0.25, 0.3) is 0 Å². The first-order valence-electron chi connectivity index (χ1n) is 5.87. The van der Waals surface area contributed by atoms with Crippen LogP contribution in [-0.2, 0) is 15.5 Å². The molecule has 0 fully saturated rings. The van der Waals surface area contributed by atoms with Gasteiger partial charge in [0.2, 0.25) is 0 Å². The average molecular weight is 271 g/mol. The van der Waals surface area contributed by atoms with Gasteiger partial charge in [-0.15, -0.1) is 0 Å². The van der Waals surface area contributed by atoms with Gasteiger partial charge in [-0.05, 0) is 13.1 Å². The van der Waals surface area contributed by atoms with E-state index < -0.39 is 10.8 Å². The number of nitrogens with one attached hydrogen (secondary N) is 1. The third-order valence-electron chi connectivity index (χ3n) is 2.73. The van der Waals surface area contributed by atoms with Gasteiger partial charge in [-0.2, -0.15) is 0 Å². The number of hydrogen-bond acceptors (Lipinski definition) is 4. The molecule has 1 N–H and O–H groups in total. The molecule has 1 aromatic rings. The second kappa shape index (κ2) is 8.24. The number of methoxy groups -OCH3 is 2. The van der Waals surface area contributed by atoms with Gasteiger partial charge in [-0.25, -0.2) is 0 Å². The van der Waals surface area contributed by atoms with Gasteiger partial charge in [0.1, 0.15) is 5.75 Å². The minimum atomic E-state index is -0.904. The fourth-order valence-corrected chi connectivity index (χ4v) is 2.97. The highest BCUT2D eigenvalue weighted by atomic mass is 32.2. The van der Waals surface area contributed by atoms with Gasteiger partial charge in [-0.1, -0.05) is 18.2 Å². The van der Waals surface area contributed by atoms with E-state index in [1.807, 2.05) is 31.3 Å². The number of rotatable bonds is 8. The van der Waals surface area contributed by atoms with E-state index in [0.717, 1.165) is 11.3 Å². The van der Waals surface area contributed by atoms with Crippen molar-refractivity contribution < 1.29 is 13.7 Å². The van der Waals surface area contributed by atoms with E-state index in [1.165, 1.54) is 0 Å². The van der Waals surface area contributed by atoms with E-state index >= 15 is 0 Å². The van der Waals surface area contributed by atoms with Gasteiger partial charge >= 0.3 is 0 Å². The Bertz CT molecular complexity index is 384. The first-order chi connectivity index (χ1) is 8.72. The van der Waals surface area contributed by atoms with Gasteiger partial charge in [0, 0.05) is 41.0 Å². The number of para-hydroxylation sites is 1. The number of hydrogen-bond donors (Lipinski definition) is 1. The standard InChI is InChI=1S/C13H21NO3S/c1-14-12(10-18(15)9-8-16-2)11-6-4-5-7-13(11)17-3/h4-7,12,14H,8-10H2,1-3H3. The van der Waals surface area contributed by atoms with Crippen LogP contribution in [0.4, 0.5) is 0 Å². The lowest BCUT2D eigenvalue weighted by atomic mass is 10.1. The lowest BCUT2D eigenvalue weighted by Crippen LogP contribution is -2.24. The predicted octanol–water partition coefficient (Wildman–Crippen LogP) is 1.35. The normalized spacial score (nSPS) is 14.2. The van der Waals surface area contributed by atoms with Crippen LogP contribution >= 0.6 is 0 Å². The van der Waals surface area contributed by atoms with Crippen LogP contribution < -0.4 is 10.1 Å². The van der Waals surface area contributed by atoms with Gasteiger partial charge < -0.3 is 14.8 Å². The van der Waals surface area contributed by atoms with Crippen molar-refractivity contribution in [3.63, 3.8) is 0 Å². The van der Waals surface area contributed by atoms with Crippen LogP contribution in [0.15, 0.2) is 24.3 Å². The molecule has 2 unspecified atom stereocenters. The molecule has 0 radical (unpaired) electrons. The lowest BCUT2D eigenvalue weighted by molar-refractivity contribution is 0.218. The topological polar surface area (TPSA) is 47.6 Å². The summed E-state index contributed by atoms with van der Waals surface area (Å²) in [6.45, 7) is 0.523. The molecule has 5 heteroatoms. The zero-order chi connectivity index (χ0) is 13.4. The fraction of sp³-hybridized carbons (Fsp3) is 0.538. The zero-order valence-electron chi connectivity index (χ0n) is 11.1. The molecule has 0 bridgehead atoms. The van der Waals surface area contributed by atoms with Crippen molar-refractivity contribution in [2.24, 2.45) is 0 Å². The molecule has 0 saturated heterocycles. The van der Waals surface area contributed by atoms with Crippen molar-refractivity contribution in [2.75, 3.05) is 39.4 Å². The molecule has 4 nitrogen and oxygen atoms in total. The maximum atomic E-state index is 11.9. The monoisotopic (exact) mass is 271 g/mol. The molecule has 1 aromatic carbocycles. The van der Waals surface area contributed by atoms with E-state index in [2.05, 4.69) is 5.32 Å². The molecule has 2 atom stereocenters. The van der Waals surface area contributed by atoms with Gasteiger partial charge in [-0.3, -0.25) is 4.21 Å². The Morgan fingerprint density at radius 2 is 2.06 bits per heavy atom. The molecule has 0 aliphatic heterocycles. The summed E-state index contributed by atoms with van der Waals surface area (Å²) in [6, 6.07) is 7.82. The van der Waals surface area contributed by atoms with Crippen molar-refractivity contribution >= 4 is 10.8 Å². The van der Waals surface area contributed by atoms with Gasteiger partial charge in [0.15, 0.2) is 0 Å². The van der Waals surface area contributed by atoms with Gasteiger partial charge in [0.25, 0.3) is 0 Å². The maximum Gasteiger partial charge on any atom is 0.123 e. The first-order valence-corrected chi connectivity index (χ1v) is 7.35. The van der Waals surface area contributed by atoms with Crippen molar-refractivity contribution in [3.05, 3.63) is 29.8 Å². The number of ether oxygens (including phenoxy) is 2. The highest BCUT2D eigenvalue weighted by molar-refractivity contribution is 7.85. The largest absolute Gasteiger partial charge is 0.496 e. The smallest absolute Gasteiger partial charge is 0.123 e.